The largest absolute Gasteiger partial charge is 0.382 e. The molecule has 1 unspecified atom stereocenters. The van der Waals surface area contributed by atoms with E-state index in [4.69, 9.17) is 22.1 Å². The number of anilines is 1. The number of ether oxygens (including phenoxy) is 1. The zero-order valence-electron chi connectivity index (χ0n) is 9.60. The van der Waals surface area contributed by atoms with Gasteiger partial charge in [0.05, 0.1) is 11.6 Å². The van der Waals surface area contributed by atoms with Gasteiger partial charge >= 0.3 is 0 Å². The molecule has 0 aromatic carbocycles. The fourth-order valence-corrected chi connectivity index (χ4v) is 2.95. The Labute approximate surface area is 111 Å². The number of nitrogens with zero attached hydrogens (tertiary/aromatic N) is 1. The van der Waals surface area contributed by atoms with E-state index in [-0.39, 0.29) is 21.7 Å². The number of pyridine rings is 1. The lowest BCUT2D eigenvalue weighted by atomic mass is 10.1. The number of sulfonamides is 1. The summed E-state index contributed by atoms with van der Waals surface area (Å²) in [5.74, 6) is 0.330. The van der Waals surface area contributed by atoms with Crippen LogP contribution in [0.25, 0.3) is 0 Å². The first-order chi connectivity index (χ1) is 8.49. The summed E-state index contributed by atoms with van der Waals surface area (Å²) in [6.45, 7) is 1.62. The molecule has 18 heavy (non-hydrogen) atoms. The van der Waals surface area contributed by atoms with Crippen LogP contribution in [0.3, 0.4) is 0 Å². The topological polar surface area (TPSA) is 94.3 Å². The SMILES string of the molecule is Nc1ncc(S(=O)(=O)NCC2CCOC2)cc1Cl. The molecule has 2 rings (SSSR count). The molecular formula is C10H14ClN3O3S. The molecule has 1 atom stereocenters. The van der Waals surface area contributed by atoms with Crippen LogP contribution >= 0.6 is 11.6 Å². The smallest absolute Gasteiger partial charge is 0.242 e. The van der Waals surface area contributed by atoms with Crippen LogP contribution in [-0.4, -0.2) is 33.2 Å². The van der Waals surface area contributed by atoms with Crippen molar-refractivity contribution in [2.75, 3.05) is 25.5 Å². The van der Waals surface area contributed by atoms with Crippen LogP contribution < -0.4 is 10.5 Å². The molecule has 8 heteroatoms. The van der Waals surface area contributed by atoms with Crippen molar-refractivity contribution in [1.29, 1.82) is 0 Å². The van der Waals surface area contributed by atoms with Crippen molar-refractivity contribution in [2.45, 2.75) is 11.3 Å². The lowest BCUT2D eigenvalue weighted by Crippen LogP contribution is -2.29. The van der Waals surface area contributed by atoms with Gasteiger partial charge in [-0.05, 0) is 18.4 Å². The molecule has 0 spiro atoms. The molecule has 1 aliphatic rings. The van der Waals surface area contributed by atoms with Crippen molar-refractivity contribution in [2.24, 2.45) is 5.92 Å². The molecule has 6 nitrogen and oxygen atoms in total. The van der Waals surface area contributed by atoms with Gasteiger partial charge in [0.1, 0.15) is 10.7 Å². The van der Waals surface area contributed by atoms with E-state index in [9.17, 15) is 8.42 Å². The summed E-state index contributed by atoms with van der Waals surface area (Å²) in [6, 6.07) is 1.29. The van der Waals surface area contributed by atoms with Crippen molar-refractivity contribution in [3.05, 3.63) is 17.3 Å². The van der Waals surface area contributed by atoms with Crippen LogP contribution in [0.4, 0.5) is 5.82 Å². The van der Waals surface area contributed by atoms with Crippen LogP contribution in [0.5, 0.6) is 0 Å². The van der Waals surface area contributed by atoms with Gasteiger partial charge in [-0.25, -0.2) is 18.1 Å². The van der Waals surface area contributed by atoms with Crippen LogP contribution in [0.15, 0.2) is 17.2 Å². The number of rotatable bonds is 4. The minimum absolute atomic E-state index is 0.0145. The number of nitrogens with one attached hydrogen (secondary N) is 1. The van der Waals surface area contributed by atoms with Gasteiger partial charge < -0.3 is 10.5 Å². The summed E-state index contributed by atoms with van der Waals surface area (Å²) in [7, 11) is -3.60. The van der Waals surface area contributed by atoms with Gasteiger partial charge in [-0.15, -0.1) is 0 Å². The highest BCUT2D eigenvalue weighted by Gasteiger charge is 2.21. The predicted octanol–water partition coefficient (Wildman–Crippen LogP) is 0.632. The first-order valence-corrected chi connectivity index (χ1v) is 7.33. The Morgan fingerprint density at radius 3 is 3.00 bits per heavy atom. The summed E-state index contributed by atoms with van der Waals surface area (Å²) in [5, 5.41) is 0.127. The van der Waals surface area contributed by atoms with Gasteiger partial charge in [-0.2, -0.15) is 0 Å². The third kappa shape index (κ3) is 3.11. The van der Waals surface area contributed by atoms with E-state index < -0.39 is 10.0 Å². The Kier molecular flexibility index (Phi) is 4.06. The maximum Gasteiger partial charge on any atom is 0.242 e. The molecule has 1 fully saturated rings. The number of hydrogen-bond donors (Lipinski definition) is 2. The normalized spacial score (nSPS) is 20.2. The second-order valence-electron chi connectivity index (χ2n) is 4.12. The van der Waals surface area contributed by atoms with E-state index in [1.54, 1.807) is 0 Å². The zero-order chi connectivity index (χ0) is 13.2. The summed E-state index contributed by atoms with van der Waals surface area (Å²) in [4.78, 5) is 3.74. The molecular weight excluding hydrogens is 278 g/mol. The van der Waals surface area contributed by atoms with Crippen molar-refractivity contribution < 1.29 is 13.2 Å². The fourth-order valence-electron chi connectivity index (χ4n) is 1.63. The highest BCUT2D eigenvalue weighted by atomic mass is 35.5. The monoisotopic (exact) mass is 291 g/mol. The molecule has 3 N–H and O–H groups in total. The first-order valence-electron chi connectivity index (χ1n) is 5.47. The van der Waals surface area contributed by atoms with Crippen LogP contribution in [0.1, 0.15) is 6.42 Å². The molecule has 1 saturated heterocycles. The van der Waals surface area contributed by atoms with Gasteiger partial charge in [-0.1, -0.05) is 11.6 Å². The van der Waals surface area contributed by atoms with Gasteiger partial charge in [0, 0.05) is 19.3 Å². The second-order valence-corrected chi connectivity index (χ2v) is 6.29. The third-order valence-electron chi connectivity index (χ3n) is 2.74. The van der Waals surface area contributed by atoms with E-state index in [0.717, 1.165) is 6.42 Å². The van der Waals surface area contributed by atoms with E-state index in [0.29, 0.717) is 19.8 Å². The van der Waals surface area contributed by atoms with Crippen molar-refractivity contribution in [3.8, 4) is 0 Å². The van der Waals surface area contributed by atoms with E-state index in [1.165, 1.54) is 12.3 Å². The van der Waals surface area contributed by atoms with Crippen molar-refractivity contribution >= 4 is 27.4 Å². The summed E-state index contributed by atoms with van der Waals surface area (Å²) < 4.78 is 31.6. The summed E-state index contributed by atoms with van der Waals surface area (Å²) in [6.07, 6.45) is 2.05. The lowest BCUT2D eigenvalue weighted by Gasteiger charge is -2.10. The Bertz CT molecular complexity index is 529. The number of nitrogen functional groups attached to an aromatic ring is 1. The lowest BCUT2D eigenvalue weighted by molar-refractivity contribution is 0.186. The average molecular weight is 292 g/mol. The molecule has 2 heterocycles. The number of hydrogen-bond acceptors (Lipinski definition) is 5. The number of nitrogens with two attached hydrogens (primary N) is 1. The molecule has 0 bridgehead atoms. The molecule has 0 saturated carbocycles. The zero-order valence-corrected chi connectivity index (χ0v) is 11.2. The second kappa shape index (κ2) is 5.40. The van der Waals surface area contributed by atoms with Gasteiger partial charge in [0.2, 0.25) is 10.0 Å². The van der Waals surface area contributed by atoms with Gasteiger partial charge in [-0.3, -0.25) is 0 Å². The maximum absolute atomic E-state index is 12.0. The third-order valence-corrected chi connectivity index (χ3v) is 4.43. The van der Waals surface area contributed by atoms with Gasteiger partial charge in [0.15, 0.2) is 0 Å². The maximum atomic E-state index is 12.0. The van der Waals surface area contributed by atoms with E-state index in [2.05, 4.69) is 9.71 Å². The Hall–Kier alpha value is -0.890. The Balaban J connectivity index is 2.07. The van der Waals surface area contributed by atoms with Gasteiger partial charge in [0.25, 0.3) is 0 Å². The molecule has 1 aliphatic heterocycles. The molecule has 0 amide bonds. The van der Waals surface area contributed by atoms with Crippen LogP contribution in [0, 0.1) is 5.92 Å². The van der Waals surface area contributed by atoms with Crippen molar-refractivity contribution in [1.82, 2.24) is 9.71 Å². The highest BCUT2D eigenvalue weighted by Crippen LogP contribution is 2.20. The first kappa shape index (κ1) is 13.5. The fraction of sp³-hybridized carbons (Fsp3) is 0.500. The van der Waals surface area contributed by atoms with E-state index >= 15 is 0 Å². The standard InChI is InChI=1S/C10H14ClN3O3S/c11-9-3-8(5-13-10(9)12)18(15,16)14-4-7-1-2-17-6-7/h3,5,7,14H,1-2,4,6H2,(H2,12,13). The van der Waals surface area contributed by atoms with Crippen LogP contribution in [0.2, 0.25) is 5.02 Å². The molecule has 1 aromatic rings. The quantitative estimate of drug-likeness (QED) is 0.848. The Morgan fingerprint density at radius 2 is 2.39 bits per heavy atom. The molecule has 0 aliphatic carbocycles. The number of halogens is 1. The summed E-state index contributed by atoms with van der Waals surface area (Å²) >= 11 is 5.75. The average Bonchev–Trinajstić information content (AvgIpc) is 2.83. The minimum atomic E-state index is -3.60. The predicted molar refractivity (Wildman–Crippen MR) is 67.8 cm³/mol. The minimum Gasteiger partial charge on any atom is -0.382 e. The molecule has 1 aromatic heterocycles. The molecule has 0 radical (unpaired) electrons. The van der Waals surface area contributed by atoms with Crippen molar-refractivity contribution in [3.63, 3.8) is 0 Å². The van der Waals surface area contributed by atoms with Crippen LogP contribution in [-0.2, 0) is 14.8 Å². The molecule has 100 valence electrons. The summed E-state index contributed by atoms with van der Waals surface area (Å²) in [5.41, 5.74) is 5.43. The van der Waals surface area contributed by atoms with E-state index in [1.807, 2.05) is 0 Å². The number of aromatic nitrogens is 1. The Morgan fingerprint density at radius 1 is 1.61 bits per heavy atom. The highest BCUT2D eigenvalue weighted by molar-refractivity contribution is 7.89.